The van der Waals surface area contributed by atoms with E-state index >= 15 is 0 Å². The van der Waals surface area contributed by atoms with E-state index < -0.39 is 23.9 Å². The first kappa shape index (κ1) is 12.9. The van der Waals surface area contributed by atoms with Crippen LogP contribution in [0.2, 0.25) is 0 Å². The third-order valence-electron chi connectivity index (χ3n) is 2.14. The van der Waals surface area contributed by atoms with Crippen LogP contribution in [-0.2, 0) is 19.0 Å². The van der Waals surface area contributed by atoms with Crippen LogP contribution in [0.5, 0.6) is 0 Å². The molecule has 0 bridgehead atoms. The van der Waals surface area contributed by atoms with Gasteiger partial charge in [0.05, 0.1) is 11.3 Å². The minimum atomic E-state index is -0.734. The van der Waals surface area contributed by atoms with Gasteiger partial charge in [0.1, 0.15) is 0 Å². The summed E-state index contributed by atoms with van der Waals surface area (Å²) in [6.45, 7) is 1.30. The number of thioether (sulfide) groups is 1. The minimum Gasteiger partial charge on any atom is -0.435 e. The van der Waals surface area contributed by atoms with Crippen molar-refractivity contribution in [1.82, 2.24) is 0 Å². The van der Waals surface area contributed by atoms with Crippen molar-refractivity contribution in [3.05, 3.63) is 35.9 Å². The maximum atomic E-state index is 11.7. The van der Waals surface area contributed by atoms with Crippen LogP contribution in [0.4, 0.5) is 0 Å². The normalized spacial score (nSPS) is 22.5. The maximum absolute atomic E-state index is 11.7. The molecule has 1 saturated heterocycles. The van der Waals surface area contributed by atoms with Crippen molar-refractivity contribution in [2.45, 2.75) is 18.8 Å². The first-order valence-corrected chi connectivity index (χ1v) is 6.40. The van der Waals surface area contributed by atoms with E-state index in [4.69, 9.17) is 14.2 Å². The molecule has 1 aromatic carbocycles. The van der Waals surface area contributed by atoms with Gasteiger partial charge in [0, 0.05) is 6.92 Å². The number of rotatable bonds is 3. The Balaban J connectivity index is 1.85. The smallest absolute Gasteiger partial charge is 0.341 e. The van der Waals surface area contributed by atoms with E-state index in [0.717, 1.165) is 0 Å². The summed E-state index contributed by atoms with van der Waals surface area (Å²) < 4.78 is 15.2. The minimum absolute atomic E-state index is 0.421. The lowest BCUT2D eigenvalue weighted by atomic mass is 10.2. The maximum Gasteiger partial charge on any atom is 0.341 e. The highest BCUT2D eigenvalue weighted by molar-refractivity contribution is 7.99. The van der Waals surface area contributed by atoms with Crippen LogP contribution in [-0.4, -0.2) is 29.6 Å². The Morgan fingerprint density at radius 1 is 1.28 bits per heavy atom. The Morgan fingerprint density at radius 2 is 2.00 bits per heavy atom. The van der Waals surface area contributed by atoms with E-state index in [9.17, 15) is 9.59 Å². The van der Waals surface area contributed by atoms with Crippen molar-refractivity contribution >= 4 is 23.7 Å². The van der Waals surface area contributed by atoms with Crippen LogP contribution in [0.25, 0.3) is 0 Å². The van der Waals surface area contributed by atoms with E-state index in [-0.39, 0.29) is 0 Å². The molecule has 2 rings (SSSR count). The number of esters is 2. The molecule has 2 unspecified atom stereocenters. The standard InChI is InChI=1S/C12H12O5S/c1-8(13)15-10-7-18-12(16-10)17-11(14)9-5-3-2-4-6-9/h2-6,10,12H,7H2,1H3. The van der Waals surface area contributed by atoms with Crippen LogP contribution in [0.1, 0.15) is 17.3 Å². The fourth-order valence-electron chi connectivity index (χ4n) is 1.40. The Morgan fingerprint density at radius 3 is 2.67 bits per heavy atom. The van der Waals surface area contributed by atoms with Gasteiger partial charge < -0.3 is 9.47 Å². The Kier molecular flexibility index (Phi) is 4.22. The second kappa shape index (κ2) is 5.88. The molecule has 0 N–H and O–H groups in total. The Bertz CT molecular complexity index is 433. The zero-order valence-corrected chi connectivity index (χ0v) is 10.5. The molecule has 1 aliphatic heterocycles. The van der Waals surface area contributed by atoms with E-state index in [0.29, 0.717) is 11.3 Å². The molecule has 1 aliphatic rings. The third-order valence-corrected chi connectivity index (χ3v) is 3.09. The summed E-state index contributed by atoms with van der Waals surface area (Å²) in [7, 11) is 0. The molecule has 1 heterocycles. The lowest BCUT2D eigenvalue weighted by molar-refractivity contribution is -0.187. The van der Waals surface area contributed by atoms with Crippen molar-refractivity contribution in [1.29, 1.82) is 0 Å². The van der Waals surface area contributed by atoms with Gasteiger partial charge in [-0.05, 0) is 12.1 Å². The monoisotopic (exact) mass is 268 g/mol. The van der Waals surface area contributed by atoms with Crippen LogP contribution in [0, 0.1) is 0 Å². The topological polar surface area (TPSA) is 61.8 Å². The zero-order chi connectivity index (χ0) is 13.0. The summed E-state index contributed by atoms with van der Waals surface area (Å²) in [5.74, 6) is -0.432. The van der Waals surface area contributed by atoms with Crippen molar-refractivity contribution < 1.29 is 23.8 Å². The molecule has 0 aliphatic carbocycles. The van der Waals surface area contributed by atoms with Gasteiger partial charge in [-0.2, -0.15) is 0 Å². The molecule has 1 aromatic rings. The van der Waals surface area contributed by atoms with Gasteiger partial charge in [-0.1, -0.05) is 30.0 Å². The average molecular weight is 268 g/mol. The highest BCUT2D eigenvalue weighted by Gasteiger charge is 2.31. The molecule has 2 atom stereocenters. The third kappa shape index (κ3) is 3.48. The van der Waals surface area contributed by atoms with E-state index in [1.54, 1.807) is 24.3 Å². The first-order chi connectivity index (χ1) is 8.65. The number of hydrogen-bond donors (Lipinski definition) is 0. The second-order valence-corrected chi connectivity index (χ2v) is 4.62. The number of carbonyl (C=O) groups excluding carboxylic acids is 2. The van der Waals surface area contributed by atoms with Gasteiger partial charge >= 0.3 is 11.9 Å². The molecular formula is C12H12O5S. The summed E-state index contributed by atoms with van der Waals surface area (Å²) in [6.07, 6.45) is -0.652. The number of benzene rings is 1. The highest BCUT2D eigenvalue weighted by atomic mass is 32.2. The molecule has 0 aromatic heterocycles. The molecule has 96 valence electrons. The summed E-state index contributed by atoms with van der Waals surface area (Å²) in [4.78, 5) is 22.4. The van der Waals surface area contributed by atoms with Gasteiger partial charge in [-0.15, -0.1) is 0 Å². The second-order valence-electron chi connectivity index (χ2n) is 3.57. The molecule has 0 spiro atoms. The SMILES string of the molecule is CC(=O)OC1CSC(OC(=O)c2ccccc2)O1. The molecule has 6 heteroatoms. The van der Waals surface area contributed by atoms with E-state index in [1.807, 2.05) is 6.07 Å². The van der Waals surface area contributed by atoms with Gasteiger partial charge in [0.15, 0.2) is 0 Å². The summed E-state index contributed by atoms with van der Waals surface area (Å²) >= 11 is 1.27. The summed E-state index contributed by atoms with van der Waals surface area (Å²) in [6, 6.07) is 8.63. The van der Waals surface area contributed by atoms with Crippen molar-refractivity contribution in [3.8, 4) is 0 Å². The average Bonchev–Trinajstić information content (AvgIpc) is 2.76. The molecule has 1 fully saturated rings. The first-order valence-electron chi connectivity index (χ1n) is 5.35. The molecule has 0 amide bonds. The van der Waals surface area contributed by atoms with E-state index in [2.05, 4.69) is 0 Å². The number of ether oxygens (including phenoxy) is 3. The fourth-order valence-corrected chi connectivity index (χ4v) is 2.22. The largest absolute Gasteiger partial charge is 0.435 e. The van der Waals surface area contributed by atoms with Crippen LogP contribution < -0.4 is 0 Å². The van der Waals surface area contributed by atoms with Gasteiger partial charge in [-0.3, -0.25) is 9.53 Å². The zero-order valence-electron chi connectivity index (χ0n) is 9.70. The summed E-state index contributed by atoms with van der Waals surface area (Å²) in [5, 5.41) is 0. The van der Waals surface area contributed by atoms with Gasteiger partial charge in [0.25, 0.3) is 5.62 Å². The van der Waals surface area contributed by atoms with Gasteiger partial charge in [-0.25, -0.2) is 4.79 Å². The van der Waals surface area contributed by atoms with Crippen LogP contribution >= 0.6 is 11.8 Å². The van der Waals surface area contributed by atoms with Gasteiger partial charge in [0.2, 0.25) is 6.29 Å². The van der Waals surface area contributed by atoms with Crippen molar-refractivity contribution in [2.24, 2.45) is 0 Å². The number of carbonyl (C=O) groups is 2. The molecule has 0 radical (unpaired) electrons. The predicted molar refractivity (Wildman–Crippen MR) is 64.7 cm³/mol. The van der Waals surface area contributed by atoms with Crippen LogP contribution in [0.15, 0.2) is 30.3 Å². The fraction of sp³-hybridized carbons (Fsp3) is 0.333. The molecule has 5 nitrogen and oxygen atoms in total. The van der Waals surface area contributed by atoms with Crippen LogP contribution in [0.3, 0.4) is 0 Å². The summed E-state index contributed by atoms with van der Waals surface area (Å²) in [5.41, 5.74) is -0.278. The lowest BCUT2D eigenvalue weighted by Gasteiger charge is -2.12. The highest BCUT2D eigenvalue weighted by Crippen LogP contribution is 2.27. The quantitative estimate of drug-likeness (QED) is 0.779. The molecule has 18 heavy (non-hydrogen) atoms. The predicted octanol–water partition coefficient (Wildman–Crippen LogP) is 1.78. The van der Waals surface area contributed by atoms with E-state index in [1.165, 1.54) is 18.7 Å². The molecular weight excluding hydrogens is 256 g/mol. The van der Waals surface area contributed by atoms with Crippen molar-refractivity contribution in [2.75, 3.05) is 5.75 Å². The number of hydrogen-bond acceptors (Lipinski definition) is 6. The molecule has 0 saturated carbocycles. The Labute approximate surface area is 108 Å². The lowest BCUT2D eigenvalue weighted by Crippen LogP contribution is -2.21. The Hall–Kier alpha value is -1.53. The van der Waals surface area contributed by atoms with Crippen molar-refractivity contribution in [3.63, 3.8) is 0 Å².